The fourth-order valence-electron chi connectivity index (χ4n) is 2.68. The molecule has 0 saturated carbocycles. The quantitative estimate of drug-likeness (QED) is 0.201. The summed E-state index contributed by atoms with van der Waals surface area (Å²) in [6.07, 6.45) is 1.74. The minimum absolute atomic E-state index is 0.0499. The fraction of sp³-hybridized carbons (Fsp3) is 0.350. The lowest BCUT2D eigenvalue weighted by molar-refractivity contribution is -0.384. The Balaban J connectivity index is 2.32. The van der Waals surface area contributed by atoms with Gasteiger partial charge in [-0.05, 0) is 26.3 Å². The van der Waals surface area contributed by atoms with E-state index in [1.54, 1.807) is 0 Å². The summed E-state index contributed by atoms with van der Waals surface area (Å²) in [5, 5.41) is 13.8. The number of carbonyl (C=O) groups excluding carboxylic acids is 2. The molecule has 1 N–H and O–H groups in total. The molecule has 0 aliphatic carbocycles. The Kier molecular flexibility index (Phi) is 8.25. The molecular weight excluding hydrogens is 414 g/mol. The summed E-state index contributed by atoms with van der Waals surface area (Å²) in [5.41, 5.74) is -0.981. The molecule has 160 valence electrons. The molecule has 1 aromatic carbocycles. The van der Waals surface area contributed by atoms with Crippen molar-refractivity contribution < 1.29 is 19.2 Å². The molecule has 0 aliphatic heterocycles. The van der Waals surface area contributed by atoms with Crippen molar-refractivity contribution in [2.45, 2.75) is 32.4 Å². The van der Waals surface area contributed by atoms with Gasteiger partial charge in [-0.3, -0.25) is 29.1 Å². The number of nitro groups is 1. The summed E-state index contributed by atoms with van der Waals surface area (Å²) in [6, 6.07) is 5.90. The second kappa shape index (κ2) is 10.7. The van der Waals surface area contributed by atoms with Crippen LogP contribution in [0.3, 0.4) is 0 Å². The third kappa shape index (κ3) is 6.23. The fourth-order valence-corrected chi connectivity index (χ4v) is 2.85. The molecule has 10 heteroatoms. The van der Waals surface area contributed by atoms with E-state index in [0.717, 1.165) is 16.7 Å². The number of aromatic nitrogens is 1. The Bertz CT molecular complexity index is 989. The van der Waals surface area contributed by atoms with Crippen LogP contribution in [0.25, 0.3) is 0 Å². The smallest absolute Gasteiger partial charge is 0.270 e. The first-order valence-electron chi connectivity index (χ1n) is 9.26. The molecule has 1 aromatic heterocycles. The molecule has 0 saturated heterocycles. The Labute approximate surface area is 177 Å². The van der Waals surface area contributed by atoms with Crippen molar-refractivity contribution >= 4 is 29.0 Å². The van der Waals surface area contributed by atoms with E-state index < -0.39 is 28.2 Å². The maximum atomic E-state index is 13.1. The molecule has 1 heterocycles. The first-order valence-corrected chi connectivity index (χ1v) is 9.64. The zero-order valence-corrected chi connectivity index (χ0v) is 17.3. The minimum atomic E-state index is -1.57. The third-order valence-electron chi connectivity index (χ3n) is 4.09. The highest BCUT2D eigenvalue weighted by molar-refractivity contribution is 6.30. The number of ketones is 1. The number of pyridine rings is 1. The van der Waals surface area contributed by atoms with Crippen molar-refractivity contribution in [3.05, 3.63) is 73.6 Å². The van der Waals surface area contributed by atoms with E-state index in [9.17, 15) is 24.5 Å². The molecule has 0 radical (unpaired) electrons. The summed E-state index contributed by atoms with van der Waals surface area (Å²) < 4.78 is 6.32. The van der Waals surface area contributed by atoms with Gasteiger partial charge in [0, 0.05) is 43.1 Å². The Hall–Kier alpha value is -3.04. The lowest BCUT2D eigenvalue weighted by atomic mass is 10.0. The summed E-state index contributed by atoms with van der Waals surface area (Å²) in [4.78, 5) is 48.6. The Morgan fingerprint density at radius 2 is 2.00 bits per heavy atom. The van der Waals surface area contributed by atoms with Crippen LogP contribution in [0.15, 0.2) is 47.4 Å². The standard InChI is InChI=1S/C20H22ClN3O6/c1-13(2)30-10-4-9-22-20(27)18(23-12-15(21)7-8-17(23)25)19(26)14-5-3-6-16(11-14)24(28)29/h3,5-8,11-13,18H,4,9-10H2,1-2H3,(H,22,27)/t18-/m0/s1. The SMILES string of the molecule is CC(C)OCCCNC(=O)[C@H](C(=O)c1cccc([N+](=O)[O-])c1)n1cc(Cl)ccc1=O. The van der Waals surface area contributed by atoms with Gasteiger partial charge in [0.25, 0.3) is 17.2 Å². The van der Waals surface area contributed by atoms with E-state index >= 15 is 0 Å². The number of rotatable bonds is 10. The maximum absolute atomic E-state index is 13.1. The minimum Gasteiger partial charge on any atom is -0.379 e. The van der Waals surface area contributed by atoms with Gasteiger partial charge in [-0.15, -0.1) is 0 Å². The molecule has 9 nitrogen and oxygen atoms in total. The number of hydrogen-bond donors (Lipinski definition) is 1. The molecule has 0 unspecified atom stereocenters. The lowest BCUT2D eigenvalue weighted by Gasteiger charge is -2.19. The van der Waals surface area contributed by atoms with Gasteiger partial charge in [0.15, 0.2) is 11.8 Å². The maximum Gasteiger partial charge on any atom is 0.270 e. The van der Waals surface area contributed by atoms with E-state index in [4.69, 9.17) is 16.3 Å². The first kappa shape index (κ1) is 23.2. The largest absolute Gasteiger partial charge is 0.379 e. The van der Waals surface area contributed by atoms with Crippen molar-refractivity contribution in [3.8, 4) is 0 Å². The van der Waals surface area contributed by atoms with Crippen molar-refractivity contribution in [1.82, 2.24) is 9.88 Å². The average molecular weight is 436 g/mol. The van der Waals surface area contributed by atoms with Gasteiger partial charge in [0.2, 0.25) is 0 Å². The molecule has 1 amide bonds. The van der Waals surface area contributed by atoms with Crippen molar-refractivity contribution in [2.24, 2.45) is 0 Å². The van der Waals surface area contributed by atoms with E-state index in [1.807, 2.05) is 13.8 Å². The molecule has 0 bridgehead atoms. The molecule has 1 atom stereocenters. The number of non-ortho nitro benzene ring substituents is 1. The highest BCUT2D eigenvalue weighted by Gasteiger charge is 2.31. The molecule has 0 fully saturated rings. The van der Waals surface area contributed by atoms with Crippen LogP contribution < -0.4 is 10.9 Å². The zero-order valence-electron chi connectivity index (χ0n) is 16.5. The number of hydrogen-bond acceptors (Lipinski definition) is 6. The summed E-state index contributed by atoms with van der Waals surface area (Å²) in [7, 11) is 0. The lowest BCUT2D eigenvalue weighted by Crippen LogP contribution is -2.41. The molecule has 0 aliphatic rings. The number of nitrogens with one attached hydrogen (secondary N) is 1. The molecule has 2 aromatic rings. The number of carbonyl (C=O) groups is 2. The highest BCUT2D eigenvalue weighted by atomic mass is 35.5. The van der Waals surface area contributed by atoms with E-state index in [-0.39, 0.29) is 28.9 Å². The average Bonchev–Trinajstić information content (AvgIpc) is 2.70. The molecule has 30 heavy (non-hydrogen) atoms. The normalized spacial score (nSPS) is 11.9. The third-order valence-corrected chi connectivity index (χ3v) is 4.31. The van der Waals surface area contributed by atoms with Crippen LogP contribution in [0, 0.1) is 10.1 Å². The number of ether oxygens (including phenoxy) is 1. The number of nitro benzene ring substituents is 1. The van der Waals surface area contributed by atoms with Gasteiger partial charge < -0.3 is 10.1 Å². The van der Waals surface area contributed by atoms with Gasteiger partial charge in [-0.2, -0.15) is 0 Å². The van der Waals surface area contributed by atoms with E-state index in [0.29, 0.717) is 13.0 Å². The van der Waals surface area contributed by atoms with Crippen LogP contribution in [-0.2, 0) is 9.53 Å². The van der Waals surface area contributed by atoms with Gasteiger partial charge >= 0.3 is 0 Å². The van der Waals surface area contributed by atoms with Crippen molar-refractivity contribution in [3.63, 3.8) is 0 Å². The number of amides is 1. The van der Waals surface area contributed by atoms with E-state index in [1.165, 1.54) is 30.5 Å². The van der Waals surface area contributed by atoms with Crippen LogP contribution in [0.5, 0.6) is 0 Å². The topological polar surface area (TPSA) is 121 Å². The first-order chi connectivity index (χ1) is 14.2. The van der Waals surface area contributed by atoms with Gasteiger partial charge in [-0.1, -0.05) is 23.7 Å². The van der Waals surface area contributed by atoms with Crippen LogP contribution in [-0.4, -0.2) is 40.4 Å². The van der Waals surface area contributed by atoms with Crippen molar-refractivity contribution in [2.75, 3.05) is 13.2 Å². The summed E-state index contributed by atoms with van der Waals surface area (Å²) in [5.74, 6) is -1.49. The predicted octanol–water partition coefficient (Wildman–Crippen LogP) is 2.77. The predicted molar refractivity (Wildman–Crippen MR) is 111 cm³/mol. The van der Waals surface area contributed by atoms with Crippen molar-refractivity contribution in [1.29, 1.82) is 0 Å². The van der Waals surface area contributed by atoms with Crippen LogP contribution >= 0.6 is 11.6 Å². The monoisotopic (exact) mass is 435 g/mol. The summed E-state index contributed by atoms with van der Waals surface area (Å²) in [6.45, 7) is 4.41. The van der Waals surface area contributed by atoms with Crippen LogP contribution in [0.1, 0.15) is 36.7 Å². The zero-order chi connectivity index (χ0) is 22.3. The number of nitrogens with zero attached hydrogens (tertiary/aromatic N) is 2. The summed E-state index contributed by atoms with van der Waals surface area (Å²) >= 11 is 5.95. The number of Topliss-reactive ketones (excluding diaryl/α,β-unsaturated/α-hetero) is 1. The van der Waals surface area contributed by atoms with Crippen LogP contribution in [0.2, 0.25) is 5.02 Å². The van der Waals surface area contributed by atoms with Crippen LogP contribution in [0.4, 0.5) is 5.69 Å². The van der Waals surface area contributed by atoms with Gasteiger partial charge in [0.1, 0.15) is 0 Å². The Morgan fingerprint density at radius 3 is 2.67 bits per heavy atom. The second-order valence-corrected chi connectivity index (χ2v) is 7.17. The Morgan fingerprint density at radius 1 is 1.27 bits per heavy atom. The molecule has 0 spiro atoms. The van der Waals surface area contributed by atoms with E-state index in [2.05, 4.69) is 5.32 Å². The van der Waals surface area contributed by atoms with Gasteiger partial charge in [-0.25, -0.2) is 0 Å². The number of halogens is 1. The number of benzene rings is 1. The highest BCUT2D eigenvalue weighted by Crippen LogP contribution is 2.20. The second-order valence-electron chi connectivity index (χ2n) is 6.73. The molecular formula is C20H22ClN3O6. The molecule has 2 rings (SSSR count). The van der Waals surface area contributed by atoms with Gasteiger partial charge in [0.05, 0.1) is 16.0 Å².